The minimum Gasteiger partial charge on any atom is -0.481 e. The first-order chi connectivity index (χ1) is 8.81. The second-order valence-electron chi connectivity index (χ2n) is 4.99. The van der Waals surface area contributed by atoms with Crippen molar-refractivity contribution < 1.29 is 23.4 Å². The fourth-order valence-corrected chi connectivity index (χ4v) is 3.05. The lowest BCUT2D eigenvalue weighted by atomic mass is 9.88. The van der Waals surface area contributed by atoms with Crippen LogP contribution < -0.4 is 4.72 Å². The molecule has 0 atom stereocenters. The van der Waals surface area contributed by atoms with Crippen LogP contribution in [0.5, 0.6) is 0 Å². The van der Waals surface area contributed by atoms with E-state index in [4.69, 9.17) is 5.11 Å². The molecule has 1 saturated carbocycles. The monoisotopic (exact) mass is 294 g/mol. The van der Waals surface area contributed by atoms with Gasteiger partial charge < -0.3 is 10.2 Å². The SMILES string of the molecule is CN(CCC(=O)O)S(=O)(=O)NCC1CCC(O)CC1. The van der Waals surface area contributed by atoms with Gasteiger partial charge in [-0.3, -0.25) is 4.79 Å². The Morgan fingerprint density at radius 2 is 1.89 bits per heavy atom. The van der Waals surface area contributed by atoms with Crippen LogP contribution in [0.4, 0.5) is 0 Å². The van der Waals surface area contributed by atoms with E-state index >= 15 is 0 Å². The first-order valence-corrected chi connectivity index (χ1v) is 7.86. The van der Waals surface area contributed by atoms with Crippen molar-refractivity contribution in [1.29, 1.82) is 0 Å². The highest BCUT2D eigenvalue weighted by molar-refractivity contribution is 7.87. The van der Waals surface area contributed by atoms with E-state index in [2.05, 4.69) is 4.72 Å². The van der Waals surface area contributed by atoms with Gasteiger partial charge in [0.1, 0.15) is 0 Å². The summed E-state index contributed by atoms with van der Waals surface area (Å²) in [6.45, 7) is 0.292. The van der Waals surface area contributed by atoms with Gasteiger partial charge in [0.25, 0.3) is 10.2 Å². The van der Waals surface area contributed by atoms with Gasteiger partial charge in [0.2, 0.25) is 0 Å². The van der Waals surface area contributed by atoms with Gasteiger partial charge in [-0.1, -0.05) is 0 Å². The highest BCUT2D eigenvalue weighted by atomic mass is 32.2. The van der Waals surface area contributed by atoms with E-state index in [1.807, 2.05) is 0 Å². The second kappa shape index (κ2) is 7.18. The van der Waals surface area contributed by atoms with Crippen molar-refractivity contribution in [2.75, 3.05) is 20.1 Å². The van der Waals surface area contributed by atoms with Gasteiger partial charge in [0.15, 0.2) is 0 Å². The zero-order valence-corrected chi connectivity index (χ0v) is 11.9. The first kappa shape index (κ1) is 16.4. The predicted octanol–water partition coefficient (Wildman–Crippen LogP) is -0.222. The van der Waals surface area contributed by atoms with Crippen molar-refractivity contribution in [3.8, 4) is 0 Å². The fourth-order valence-electron chi connectivity index (χ4n) is 2.06. The molecule has 0 saturated heterocycles. The van der Waals surface area contributed by atoms with Gasteiger partial charge in [0.05, 0.1) is 12.5 Å². The summed E-state index contributed by atoms with van der Waals surface area (Å²) >= 11 is 0. The third kappa shape index (κ3) is 5.85. The third-order valence-electron chi connectivity index (χ3n) is 3.42. The van der Waals surface area contributed by atoms with Crippen molar-refractivity contribution >= 4 is 16.2 Å². The van der Waals surface area contributed by atoms with E-state index in [0.717, 1.165) is 17.1 Å². The summed E-state index contributed by atoms with van der Waals surface area (Å²) in [5.74, 6) is -0.783. The van der Waals surface area contributed by atoms with Crippen molar-refractivity contribution in [1.82, 2.24) is 9.03 Å². The van der Waals surface area contributed by atoms with Crippen LogP contribution in [0.25, 0.3) is 0 Å². The summed E-state index contributed by atoms with van der Waals surface area (Å²) in [7, 11) is -2.25. The molecule has 7 nitrogen and oxygen atoms in total. The van der Waals surface area contributed by atoms with Crippen LogP contribution in [0.2, 0.25) is 0 Å². The number of rotatable bonds is 7. The maximum absolute atomic E-state index is 11.8. The fraction of sp³-hybridized carbons (Fsp3) is 0.909. The quantitative estimate of drug-likeness (QED) is 0.601. The van der Waals surface area contributed by atoms with Crippen molar-refractivity contribution in [2.45, 2.75) is 38.2 Å². The van der Waals surface area contributed by atoms with Crippen LogP contribution in [0.15, 0.2) is 0 Å². The topological polar surface area (TPSA) is 107 Å². The van der Waals surface area contributed by atoms with E-state index in [-0.39, 0.29) is 25.0 Å². The van der Waals surface area contributed by atoms with Gasteiger partial charge in [0, 0.05) is 20.1 Å². The number of aliphatic hydroxyl groups is 1. The highest BCUT2D eigenvalue weighted by Gasteiger charge is 2.23. The molecule has 0 amide bonds. The van der Waals surface area contributed by atoms with Gasteiger partial charge in [-0.15, -0.1) is 0 Å². The van der Waals surface area contributed by atoms with E-state index in [0.29, 0.717) is 19.4 Å². The summed E-state index contributed by atoms with van der Waals surface area (Å²) in [5, 5.41) is 17.9. The van der Waals surface area contributed by atoms with Crippen LogP contribution in [-0.4, -0.2) is 55.1 Å². The smallest absolute Gasteiger partial charge is 0.304 e. The van der Waals surface area contributed by atoms with E-state index in [9.17, 15) is 18.3 Å². The van der Waals surface area contributed by atoms with Gasteiger partial charge in [-0.05, 0) is 31.6 Å². The Morgan fingerprint density at radius 1 is 1.32 bits per heavy atom. The standard InChI is InChI=1S/C11H22N2O5S/c1-13(7-6-11(15)16)19(17,18)12-8-9-2-4-10(14)5-3-9/h9-10,12,14H,2-8H2,1H3,(H,15,16). The Morgan fingerprint density at radius 3 is 2.42 bits per heavy atom. The Bertz CT molecular complexity index is 390. The average molecular weight is 294 g/mol. The van der Waals surface area contributed by atoms with Crippen molar-refractivity contribution in [2.24, 2.45) is 5.92 Å². The molecule has 0 aromatic heterocycles. The molecule has 112 valence electrons. The van der Waals surface area contributed by atoms with Gasteiger partial charge in [-0.2, -0.15) is 12.7 Å². The number of aliphatic carboxylic acids is 1. The van der Waals surface area contributed by atoms with Crippen LogP contribution in [0.1, 0.15) is 32.1 Å². The molecule has 1 aliphatic rings. The Balaban J connectivity index is 2.35. The molecule has 19 heavy (non-hydrogen) atoms. The third-order valence-corrected chi connectivity index (χ3v) is 4.96. The second-order valence-corrected chi connectivity index (χ2v) is 6.86. The minimum absolute atomic E-state index is 0.0476. The number of hydrogen-bond acceptors (Lipinski definition) is 4. The molecule has 3 N–H and O–H groups in total. The molecule has 1 fully saturated rings. The molecule has 0 aromatic rings. The van der Waals surface area contributed by atoms with Crippen LogP contribution in [0.3, 0.4) is 0 Å². The predicted molar refractivity (Wildman–Crippen MR) is 69.8 cm³/mol. The summed E-state index contributed by atoms with van der Waals surface area (Å²) in [6.07, 6.45) is 2.56. The van der Waals surface area contributed by atoms with E-state index in [1.165, 1.54) is 7.05 Å². The number of hydrogen-bond donors (Lipinski definition) is 3. The minimum atomic E-state index is -3.61. The molecule has 0 bridgehead atoms. The molecule has 1 aliphatic carbocycles. The Kier molecular flexibility index (Phi) is 6.18. The Hall–Kier alpha value is -0.700. The van der Waals surface area contributed by atoms with Gasteiger partial charge in [-0.25, -0.2) is 4.72 Å². The molecule has 8 heteroatoms. The number of carboxylic acid groups (broad SMARTS) is 1. The number of nitrogens with one attached hydrogen (secondary N) is 1. The summed E-state index contributed by atoms with van der Waals surface area (Å²) in [4.78, 5) is 10.4. The Labute approximate surface area is 113 Å². The average Bonchev–Trinajstić information content (AvgIpc) is 2.35. The molecular weight excluding hydrogens is 272 g/mol. The first-order valence-electron chi connectivity index (χ1n) is 6.42. The van der Waals surface area contributed by atoms with E-state index in [1.54, 1.807) is 0 Å². The molecule has 0 heterocycles. The zero-order valence-electron chi connectivity index (χ0n) is 11.1. The molecule has 1 rings (SSSR count). The maximum atomic E-state index is 11.8. The van der Waals surface area contributed by atoms with Crippen LogP contribution in [-0.2, 0) is 15.0 Å². The normalized spacial score (nSPS) is 24.6. The number of carbonyl (C=O) groups is 1. The molecular formula is C11H22N2O5S. The highest BCUT2D eigenvalue weighted by Crippen LogP contribution is 2.23. The molecule has 0 radical (unpaired) electrons. The lowest BCUT2D eigenvalue weighted by molar-refractivity contribution is -0.137. The van der Waals surface area contributed by atoms with Crippen LogP contribution >= 0.6 is 0 Å². The summed E-state index contributed by atoms with van der Waals surface area (Å²) in [6, 6.07) is 0. The molecule has 0 aliphatic heterocycles. The number of aliphatic hydroxyl groups excluding tert-OH is 1. The largest absolute Gasteiger partial charge is 0.481 e. The molecule has 0 spiro atoms. The van der Waals surface area contributed by atoms with Crippen molar-refractivity contribution in [3.63, 3.8) is 0 Å². The number of carboxylic acids is 1. The summed E-state index contributed by atoms with van der Waals surface area (Å²) < 4.78 is 27.1. The van der Waals surface area contributed by atoms with Crippen LogP contribution in [0, 0.1) is 5.92 Å². The molecule has 0 unspecified atom stereocenters. The lowest BCUT2D eigenvalue weighted by Gasteiger charge is -2.26. The molecule has 0 aromatic carbocycles. The lowest BCUT2D eigenvalue weighted by Crippen LogP contribution is -2.41. The number of nitrogens with zero attached hydrogens (tertiary/aromatic N) is 1. The van der Waals surface area contributed by atoms with Gasteiger partial charge >= 0.3 is 5.97 Å². The maximum Gasteiger partial charge on any atom is 0.304 e. The zero-order chi connectivity index (χ0) is 14.5. The van der Waals surface area contributed by atoms with E-state index < -0.39 is 16.2 Å². The summed E-state index contributed by atoms with van der Waals surface area (Å²) in [5.41, 5.74) is 0. The van der Waals surface area contributed by atoms with Crippen molar-refractivity contribution in [3.05, 3.63) is 0 Å².